The van der Waals surface area contributed by atoms with Gasteiger partial charge >= 0.3 is 0 Å². The molecule has 0 atom stereocenters. The topological polar surface area (TPSA) is 42.0 Å². The van der Waals surface area contributed by atoms with Crippen LogP contribution in [0.5, 0.6) is 0 Å². The van der Waals surface area contributed by atoms with Gasteiger partial charge in [0.1, 0.15) is 5.82 Å². The number of amides is 1. The van der Waals surface area contributed by atoms with Crippen LogP contribution in [-0.2, 0) is 0 Å². The average molecular weight is 272 g/mol. The molecular formula is C15H16N2OS. The molecule has 0 saturated heterocycles. The Labute approximate surface area is 117 Å². The summed E-state index contributed by atoms with van der Waals surface area (Å²) in [6.07, 6.45) is 1.74. The fourth-order valence-corrected chi connectivity index (χ4v) is 2.46. The van der Waals surface area contributed by atoms with Crippen molar-refractivity contribution in [1.82, 2.24) is 4.98 Å². The minimum atomic E-state index is -0.118. The van der Waals surface area contributed by atoms with E-state index in [0.29, 0.717) is 11.4 Å². The molecule has 0 aliphatic carbocycles. The highest BCUT2D eigenvalue weighted by Gasteiger charge is 2.11. The zero-order valence-electron chi connectivity index (χ0n) is 11.0. The molecule has 1 heterocycles. The number of aromatic nitrogens is 1. The van der Waals surface area contributed by atoms with Crippen molar-refractivity contribution in [2.75, 3.05) is 11.1 Å². The van der Waals surface area contributed by atoms with Gasteiger partial charge in [-0.15, -0.1) is 11.8 Å². The molecule has 0 unspecified atom stereocenters. The third-order valence-electron chi connectivity index (χ3n) is 2.58. The molecule has 0 saturated carbocycles. The van der Waals surface area contributed by atoms with E-state index in [2.05, 4.69) is 17.2 Å². The van der Waals surface area contributed by atoms with Crippen molar-refractivity contribution < 1.29 is 4.79 Å². The maximum Gasteiger partial charge on any atom is 0.257 e. The van der Waals surface area contributed by atoms with Crippen LogP contribution in [0.25, 0.3) is 0 Å². The first-order valence-corrected chi connectivity index (χ1v) is 7.15. The third-order valence-corrected chi connectivity index (χ3v) is 3.54. The lowest BCUT2D eigenvalue weighted by Gasteiger charge is -2.08. The van der Waals surface area contributed by atoms with Gasteiger partial charge in [-0.05, 0) is 36.4 Å². The number of thioether (sulfide) groups is 1. The number of rotatable bonds is 4. The Hall–Kier alpha value is -1.81. The largest absolute Gasteiger partial charge is 0.307 e. The first kappa shape index (κ1) is 13.6. The lowest BCUT2D eigenvalue weighted by atomic mass is 10.2. The highest BCUT2D eigenvalue weighted by atomic mass is 32.2. The predicted octanol–water partition coefficient (Wildman–Crippen LogP) is 3.75. The Kier molecular flexibility index (Phi) is 4.58. The molecule has 3 nitrogen and oxygen atoms in total. The molecule has 0 radical (unpaired) electrons. The normalized spacial score (nSPS) is 10.2. The van der Waals surface area contributed by atoms with Crippen LogP contribution in [0.15, 0.2) is 47.5 Å². The summed E-state index contributed by atoms with van der Waals surface area (Å²) in [6.45, 7) is 4.03. The van der Waals surface area contributed by atoms with Crippen LogP contribution < -0.4 is 5.32 Å². The molecule has 19 heavy (non-hydrogen) atoms. The molecule has 1 aromatic carbocycles. The second-order valence-corrected chi connectivity index (χ2v) is 5.41. The molecule has 0 fully saturated rings. The number of anilines is 1. The number of aryl methyl sites for hydroxylation is 1. The van der Waals surface area contributed by atoms with Crippen LogP contribution in [0, 0.1) is 6.92 Å². The molecule has 0 spiro atoms. The van der Waals surface area contributed by atoms with Crippen molar-refractivity contribution in [3.63, 3.8) is 0 Å². The van der Waals surface area contributed by atoms with Gasteiger partial charge in [0, 0.05) is 11.1 Å². The van der Waals surface area contributed by atoms with Crippen LogP contribution in [0.4, 0.5) is 5.82 Å². The van der Waals surface area contributed by atoms with Gasteiger partial charge in [0.25, 0.3) is 5.91 Å². The monoisotopic (exact) mass is 272 g/mol. The molecule has 2 rings (SSSR count). The highest BCUT2D eigenvalue weighted by Crippen LogP contribution is 2.22. The first-order valence-electron chi connectivity index (χ1n) is 6.16. The molecule has 4 heteroatoms. The van der Waals surface area contributed by atoms with Crippen molar-refractivity contribution in [3.05, 3.63) is 53.7 Å². The van der Waals surface area contributed by atoms with Crippen molar-refractivity contribution in [3.8, 4) is 0 Å². The average Bonchev–Trinajstić information content (AvgIpc) is 2.42. The predicted molar refractivity (Wildman–Crippen MR) is 79.8 cm³/mol. The minimum absolute atomic E-state index is 0.118. The van der Waals surface area contributed by atoms with Gasteiger partial charge < -0.3 is 5.32 Å². The number of nitrogens with one attached hydrogen (secondary N) is 1. The van der Waals surface area contributed by atoms with Gasteiger partial charge in [-0.25, -0.2) is 4.98 Å². The van der Waals surface area contributed by atoms with Crippen molar-refractivity contribution >= 4 is 23.5 Å². The SMILES string of the molecule is CCSc1ccccc1C(=O)Nc1ccc(C)cn1. The van der Waals surface area contributed by atoms with E-state index in [0.717, 1.165) is 16.2 Å². The molecule has 1 aromatic heterocycles. The zero-order valence-corrected chi connectivity index (χ0v) is 11.8. The standard InChI is InChI=1S/C15H16N2OS/c1-3-19-13-7-5-4-6-12(13)15(18)17-14-9-8-11(2)10-16-14/h4-10H,3H2,1-2H3,(H,16,17,18). The second-order valence-electron chi connectivity index (χ2n) is 4.10. The van der Waals surface area contributed by atoms with E-state index in [1.54, 1.807) is 18.0 Å². The van der Waals surface area contributed by atoms with Gasteiger partial charge in [-0.1, -0.05) is 25.1 Å². The van der Waals surface area contributed by atoms with E-state index < -0.39 is 0 Å². The summed E-state index contributed by atoms with van der Waals surface area (Å²) in [4.78, 5) is 17.4. The van der Waals surface area contributed by atoms with E-state index in [4.69, 9.17) is 0 Å². The summed E-state index contributed by atoms with van der Waals surface area (Å²) >= 11 is 1.66. The lowest BCUT2D eigenvalue weighted by molar-refractivity contribution is 0.102. The van der Waals surface area contributed by atoms with Gasteiger partial charge in [-0.2, -0.15) is 0 Å². The van der Waals surface area contributed by atoms with Crippen molar-refractivity contribution in [2.24, 2.45) is 0 Å². The van der Waals surface area contributed by atoms with Crippen molar-refractivity contribution in [2.45, 2.75) is 18.7 Å². The number of hydrogen-bond acceptors (Lipinski definition) is 3. The maximum atomic E-state index is 12.2. The van der Waals surface area contributed by atoms with Crippen LogP contribution in [0.1, 0.15) is 22.8 Å². The number of nitrogens with zero attached hydrogens (tertiary/aromatic N) is 1. The fraction of sp³-hybridized carbons (Fsp3) is 0.200. The molecule has 1 N–H and O–H groups in total. The number of benzene rings is 1. The molecule has 0 bridgehead atoms. The van der Waals surface area contributed by atoms with Gasteiger partial charge in [-0.3, -0.25) is 4.79 Å². The minimum Gasteiger partial charge on any atom is -0.307 e. The van der Waals surface area contributed by atoms with Crippen molar-refractivity contribution in [1.29, 1.82) is 0 Å². The first-order chi connectivity index (χ1) is 9.20. The summed E-state index contributed by atoms with van der Waals surface area (Å²) in [6, 6.07) is 11.3. The Morgan fingerprint density at radius 1 is 1.26 bits per heavy atom. The summed E-state index contributed by atoms with van der Waals surface area (Å²) in [7, 11) is 0. The molecule has 2 aromatic rings. The van der Waals surface area contributed by atoms with Gasteiger partial charge in [0.15, 0.2) is 0 Å². The summed E-state index contributed by atoms with van der Waals surface area (Å²) in [5.41, 5.74) is 1.76. The lowest BCUT2D eigenvalue weighted by Crippen LogP contribution is -2.13. The fourth-order valence-electron chi connectivity index (χ4n) is 1.66. The van der Waals surface area contributed by atoms with E-state index in [1.807, 2.05) is 43.3 Å². The molecular weight excluding hydrogens is 256 g/mol. The quantitative estimate of drug-likeness (QED) is 0.862. The second kappa shape index (κ2) is 6.38. The van der Waals surface area contributed by atoms with Gasteiger partial charge in [0.2, 0.25) is 0 Å². The summed E-state index contributed by atoms with van der Waals surface area (Å²) in [5, 5.41) is 2.82. The summed E-state index contributed by atoms with van der Waals surface area (Å²) in [5.74, 6) is 1.40. The Morgan fingerprint density at radius 3 is 2.74 bits per heavy atom. The third kappa shape index (κ3) is 3.58. The van der Waals surface area contributed by atoms with E-state index in [1.165, 1.54) is 0 Å². The zero-order chi connectivity index (χ0) is 13.7. The number of carbonyl (C=O) groups is 1. The molecule has 1 amide bonds. The van der Waals surface area contributed by atoms with Crippen LogP contribution in [-0.4, -0.2) is 16.6 Å². The van der Waals surface area contributed by atoms with E-state index in [-0.39, 0.29) is 5.91 Å². The Bertz CT molecular complexity index is 567. The van der Waals surface area contributed by atoms with Crippen LogP contribution >= 0.6 is 11.8 Å². The highest BCUT2D eigenvalue weighted by molar-refractivity contribution is 7.99. The molecule has 0 aliphatic rings. The van der Waals surface area contributed by atoms with Crippen LogP contribution in [0.2, 0.25) is 0 Å². The number of carbonyl (C=O) groups excluding carboxylic acids is 1. The number of pyridine rings is 1. The molecule has 98 valence electrons. The Balaban J connectivity index is 2.18. The molecule has 0 aliphatic heterocycles. The van der Waals surface area contributed by atoms with E-state index in [9.17, 15) is 4.79 Å². The summed E-state index contributed by atoms with van der Waals surface area (Å²) < 4.78 is 0. The van der Waals surface area contributed by atoms with E-state index >= 15 is 0 Å². The van der Waals surface area contributed by atoms with Gasteiger partial charge in [0.05, 0.1) is 5.56 Å². The number of hydrogen-bond donors (Lipinski definition) is 1. The Morgan fingerprint density at radius 2 is 2.05 bits per heavy atom. The smallest absolute Gasteiger partial charge is 0.257 e. The maximum absolute atomic E-state index is 12.2. The van der Waals surface area contributed by atoms with Crippen LogP contribution in [0.3, 0.4) is 0 Å².